The van der Waals surface area contributed by atoms with Crippen molar-refractivity contribution >= 4 is 33.2 Å². The highest BCUT2D eigenvalue weighted by molar-refractivity contribution is 7.92. The summed E-state index contributed by atoms with van der Waals surface area (Å²) in [6, 6.07) is 8.84. The normalized spacial score (nSPS) is 12.7. The highest BCUT2D eigenvalue weighted by Gasteiger charge is 2.29. The molecule has 0 radical (unpaired) electrons. The Labute approximate surface area is 140 Å². The van der Waals surface area contributed by atoms with Crippen LogP contribution < -0.4 is 9.62 Å². The fourth-order valence-corrected chi connectivity index (χ4v) is 3.51. The number of nitrogens with one attached hydrogen (secondary N) is 1. The summed E-state index contributed by atoms with van der Waals surface area (Å²) in [4.78, 5) is 12.3. The summed E-state index contributed by atoms with van der Waals surface area (Å²) >= 11 is 5.92. The summed E-state index contributed by atoms with van der Waals surface area (Å²) in [6.45, 7) is 1.70. The van der Waals surface area contributed by atoms with Crippen LogP contribution in [-0.4, -0.2) is 26.6 Å². The minimum absolute atomic E-state index is 0.184. The second kappa shape index (κ2) is 7.06. The van der Waals surface area contributed by atoms with Crippen LogP contribution in [0.1, 0.15) is 12.7 Å². The molecule has 0 aliphatic rings. The fourth-order valence-electron chi connectivity index (χ4n) is 2.16. The molecule has 1 N–H and O–H groups in total. The third-order valence-corrected chi connectivity index (χ3v) is 4.64. The zero-order valence-electron chi connectivity index (χ0n) is 12.7. The molecule has 0 saturated heterocycles. The molecule has 0 saturated carbocycles. The largest absolute Gasteiger partial charge is 0.467 e. The molecule has 124 valence electrons. The van der Waals surface area contributed by atoms with Gasteiger partial charge in [-0.2, -0.15) is 0 Å². The van der Waals surface area contributed by atoms with Gasteiger partial charge in [-0.15, -0.1) is 0 Å². The first-order valence-corrected chi connectivity index (χ1v) is 9.07. The van der Waals surface area contributed by atoms with Gasteiger partial charge in [-0.05, 0) is 37.3 Å². The van der Waals surface area contributed by atoms with Crippen LogP contribution in [0.3, 0.4) is 0 Å². The van der Waals surface area contributed by atoms with E-state index >= 15 is 0 Å². The molecular formula is C15H17ClN2O4S. The minimum Gasteiger partial charge on any atom is -0.467 e. The van der Waals surface area contributed by atoms with Crippen LogP contribution in [0.2, 0.25) is 5.02 Å². The molecule has 1 atom stereocenters. The van der Waals surface area contributed by atoms with Gasteiger partial charge in [-0.3, -0.25) is 9.10 Å². The number of nitrogens with zero attached hydrogens (tertiary/aromatic N) is 1. The Balaban J connectivity index is 2.20. The Kier molecular flexibility index (Phi) is 5.33. The molecular weight excluding hydrogens is 340 g/mol. The van der Waals surface area contributed by atoms with Gasteiger partial charge in [0.05, 0.1) is 24.8 Å². The number of furan rings is 1. The summed E-state index contributed by atoms with van der Waals surface area (Å²) < 4.78 is 30.4. The topological polar surface area (TPSA) is 79.6 Å². The fraction of sp³-hybridized carbons (Fsp3) is 0.267. The molecule has 1 heterocycles. The van der Waals surface area contributed by atoms with E-state index in [1.807, 2.05) is 0 Å². The lowest BCUT2D eigenvalue weighted by atomic mass is 10.2. The van der Waals surface area contributed by atoms with Gasteiger partial charge in [-0.25, -0.2) is 8.42 Å². The van der Waals surface area contributed by atoms with Gasteiger partial charge < -0.3 is 9.73 Å². The van der Waals surface area contributed by atoms with Crippen LogP contribution in [0.15, 0.2) is 47.1 Å². The smallest absolute Gasteiger partial charge is 0.243 e. The molecule has 1 aromatic heterocycles. The van der Waals surface area contributed by atoms with Gasteiger partial charge in [0, 0.05) is 5.02 Å². The third-order valence-electron chi connectivity index (χ3n) is 3.17. The molecule has 2 rings (SSSR count). The number of carbonyl (C=O) groups is 1. The average Bonchev–Trinajstić information content (AvgIpc) is 2.96. The van der Waals surface area contributed by atoms with Gasteiger partial charge in [0.2, 0.25) is 15.9 Å². The number of benzene rings is 1. The van der Waals surface area contributed by atoms with E-state index in [1.54, 1.807) is 30.3 Å². The molecule has 1 aromatic carbocycles. The lowest BCUT2D eigenvalue weighted by molar-refractivity contribution is -0.122. The molecule has 6 nitrogen and oxygen atoms in total. The van der Waals surface area contributed by atoms with Crippen molar-refractivity contribution in [1.29, 1.82) is 0 Å². The number of hydrogen-bond acceptors (Lipinski definition) is 4. The lowest BCUT2D eigenvalue weighted by Crippen LogP contribution is -2.47. The first-order chi connectivity index (χ1) is 10.8. The highest BCUT2D eigenvalue weighted by atomic mass is 35.5. The first kappa shape index (κ1) is 17.4. The van der Waals surface area contributed by atoms with Crippen LogP contribution in [0.4, 0.5) is 5.69 Å². The molecule has 0 spiro atoms. The van der Waals surface area contributed by atoms with Gasteiger partial charge >= 0.3 is 0 Å². The molecule has 0 fully saturated rings. The summed E-state index contributed by atoms with van der Waals surface area (Å²) in [5.41, 5.74) is 0.334. The maximum absolute atomic E-state index is 12.3. The maximum atomic E-state index is 12.3. The Morgan fingerprint density at radius 3 is 2.65 bits per heavy atom. The Hall–Kier alpha value is -1.99. The Morgan fingerprint density at radius 2 is 2.09 bits per heavy atom. The van der Waals surface area contributed by atoms with Gasteiger partial charge in [0.15, 0.2) is 0 Å². The Bertz CT molecular complexity index is 775. The third kappa shape index (κ3) is 4.49. The van der Waals surface area contributed by atoms with Crippen molar-refractivity contribution in [3.63, 3.8) is 0 Å². The van der Waals surface area contributed by atoms with Gasteiger partial charge in [-0.1, -0.05) is 17.7 Å². The average molecular weight is 357 g/mol. The van der Waals surface area contributed by atoms with E-state index in [0.717, 1.165) is 10.6 Å². The Morgan fingerprint density at radius 1 is 1.35 bits per heavy atom. The molecule has 0 bridgehead atoms. The first-order valence-electron chi connectivity index (χ1n) is 6.84. The van der Waals surface area contributed by atoms with Crippen molar-refractivity contribution in [2.75, 3.05) is 10.6 Å². The zero-order valence-corrected chi connectivity index (χ0v) is 14.3. The second-order valence-electron chi connectivity index (χ2n) is 5.01. The van der Waals surface area contributed by atoms with Crippen LogP contribution in [-0.2, 0) is 21.4 Å². The van der Waals surface area contributed by atoms with E-state index in [-0.39, 0.29) is 6.54 Å². The SMILES string of the molecule is CC(C(=O)NCc1ccco1)N(c1cccc(Cl)c1)S(C)(=O)=O. The van der Waals surface area contributed by atoms with Gasteiger partial charge in [0.1, 0.15) is 11.8 Å². The van der Waals surface area contributed by atoms with E-state index in [9.17, 15) is 13.2 Å². The number of hydrogen-bond donors (Lipinski definition) is 1. The number of rotatable bonds is 6. The summed E-state index contributed by atoms with van der Waals surface area (Å²) in [7, 11) is -3.66. The van der Waals surface area contributed by atoms with Crippen LogP contribution >= 0.6 is 11.6 Å². The van der Waals surface area contributed by atoms with E-state index in [2.05, 4.69) is 5.32 Å². The summed E-state index contributed by atoms with van der Waals surface area (Å²) in [5, 5.41) is 3.04. The van der Waals surface area contributed by atoms with Gasteiger partial charge in [0.25, 0.3) is 0 Å². The highest BCUT2D eigenvalue weighted by Crippen LogP contribution is 2.24. The van der Waals surface area contributed by atoms with Crippen molar-refractivity contribution in [2.45, 2.75) is 19.5 Å². The summed E-state index contributed by atoms with van der Waals surface area (Å²) in [6.07, 6.45) is 2.55. The molecule has 0 aliphatic heterocycles. The van der Waals surface area contributed by atoms with Crippen molar-refractivity contribution in [2.24, 2.45) is 0 Å². The van der Waals surface area contributed by atoms with Crippen molar-refractivity contribution in [1.82, 2.24) is 5.32 Å². The predicted octanol–water partition coefficient (Wildman–Crippen LogP) is 2.40. The van der Waals surface area contributed by atoms with Crippen LogP contribution in [0.25, 0.3) is 0 Å². The van der Waals surface area contributed by atoms with Crippen molar-refractivity contribution in [3.8, 4) is 0 Å². The summed E-state index contributed by atoms with van der Waals surface area (Å²) in [5.74, 6) is 0.144. The number of sulfonamides is 1. The van der Waals surface area contributed by atoms with Crippen molar-refractivity contribution in [3.05, 3.63) is 53.4 Å². The molecule has 0 aliphatic carbocycles. The van der Waals surface area contributed by atoms with E-state index in [0.29, 0.717) is 16.5 Å². The van der Waals surface area contributed by atoms with E-state index < -0.39 is 22.0 Å². The number of halogens is 1. The molecule has 1 unspecified atom stereocenters. The van der Waals surface area contributed by atoms with Crippen LogP contribution in [0, 0.1) is 0 Å². The number of amides is 1. The van der Waals surface area contributed by atoms with E-state index in [4.69, 9.17) is 16.0 Å². The maximum Gasteiger partial charge on any atom is 0.243 e. The standard InChI is InChI=1S/C15H17ClN2O4S/c1-11(15(19)17-10-14-7-4-8-22-14)18(23(2,20)21)13-6-3-5-12(16)9-13/h3-9,11H,10H2,1-2H3,(H,17,19). The monoisotopic (exact) mass is 356 g/mol. The van der Waals surface area contributed by atoms with Crippen LogP contribution in [0.5, 0.6) is 0 Å². The number of anilines is 1. The second-order valence-corrected chi connectivity index (χ2v) is 7.31. The molecule has 23 heavy (non-hydrogen) atoms. The zero-order chi connectivity index (χ0) is 17.0. The minimum atomic E-state index is -3.66. The lowest BCUT2D eigenvalue weighted by Gasteiger charge is -2.28. The predicted molar refractivity (Wildman–Crippen MR) is 88.8 cm³/mol. The number of carbonyl (C=O) groups excluding carboxylic acids is 1. The molecule has 8 heteroatoms. The molecule has 1 amide bonds. The molecule has 2 aromatic rings. The van der Waals surface area contributed by atoms with E-state index in [1.165, 1.54) is 19.3 Å². The quantitative estimate of drug-likeness (QED) is 0.861. The van der Waals surface area contributed by atoms with Crippen molar-refractivity contribution < 1.29 is 17.6 Å².